The van der Waals surface area contributed by atoms with Crippen LogP contribution in [0.15, 0.2) is 24.3 Å². The highest BCUT2D eigenvalue weighted by molar-refractivity contribution is 5.95. The lowest BCUT2D eigenvalue weighted by atomic mass is 9.88. The van der Waals surface area contributed by atoms with E-state index in [1.807, 2.05) is 24.3 Å². The summed E-state index contributed by atoms with van der Waals surface area (Å²) in [6, 6.07) is 8.41. The smallest absolute Gasteiger partial charge is 0.251 e. The van der Waals surface area contributed by atoms with Gasteiger partial charge in [-0.15, -0.1) is 0 Å². The maximum atomic E-state index is 12.4. The van der Waals surface area contributed by atoms with E-state index in [9.17, 15) is 4.79 Å². The first-order valence-corrected chi connectivity index (χ1v) is 7.25. The minimum absolute atomic E-state index is 0.0600. The van der Waals surface area contributed by atoms with Crippen LogP contribution in [0.3, 0.4) is 0 Å². The number of amides is 1. The van der Waals surface area contributed by atoms with Gasteiger partial charge in [-0.25, -0.2) is 0 Å². The minimum Gasteiger partial charge on any atom is -0.347 e. The summed E-state index contributed by atoms with van der Waals surface area (Å²) in [5.74, 6) is 0.582. The molecule has 1 fully saturated rings. The number of piperidine rings is 1. The summed E-state index contributed by atoms with van der Waals surface area (Å²) in [5, 5.41) is 6.64. The Morgan fingerprint density at radius 1 is 1.37 bits per heavy atom. The van der Waals surface area contributed by atoms with Gasteiger partial charge in [-0.3, -0.25) is 4.79 Å². The number of benzene rings is 1. The zero-order valence-electron chi connectivity index (χ0n) is 12.1. The lowest BCUT2D eigenvalue weighted by Crippen LogP contribution is -2.56. The molecule has 0 saturated carbocycles. The second-order valence-electron chi connectivity index (χ2n) is 5.52. The predicted molar refractivity (Wildman–Crippen MR) is 78.3 cm³/mol. The van der Waals surface area contributed by atoms with Gasteiger partial charge < -0.3 is 10.6 Å². The molecule has 1 amide bonds. The van der Waals surface area contributed by atoms with Crippen LogP contribution in [0.4, 0.5) is 0 Å². The summed E-state index contributed by atoms with van der Waals surface area (Å²) in [5.41, 5.74) is 1.93. The van der Waals surface area contributed by atoms with Crippen LogP contribution in [0.2, 0.25) is 0 Å². The molecule has 0 spiro atoms. The number of carbonyl (C=O) groups excluding carboxylic acids is 1. The Morgan fingerprint density at radius 3 is 2.79 bits per heavy atom. The highest BCUT2D eigenvalue weighted by Gasteiger charge is 2.29. The molecule has 0 radical (unpaired) electrons. The first kappa shape index (κ1) is 14.1. The second-order valence-corrected chi connectivity index (χ2v) is 5.52. The maximum absolute atomic E-state index is 12.4. The highest BCUT2D eigenvalue weighted by Crippen LogP contribution is 2.17. The zero-order chi connectivity index (χ0) is 13.8. The van der Waals surface area contributed by atoms with Gasteiger partial charge in [0.15, 0.2) is 0 Å². The van der Waals surface area contributed by atoms with Crippen molar-refractivity contribution < 1.29 is 4.79 Å². The van der Waals surface area contributed by atoms with E-state index in [2.05, 4.69) is 31.4 Å². The third-order valence-electron chi connectivity index (χ3n) is 4.16. The number of carbonyl (C=O) groups is 1. The number of hydrogen-bond donors (Lipinski definition) is 2. The average Bonchev–Trinajstić information content (AvgIpc) is 2.42. The van der Waals surface area contributed by atoms with Gasteiger partial charge >= 0.3 is 0 Å². The van der Waals surface area contributed by atoms with Gasteiger partial charge in [0.05, 0.1) is 0 Å². The molecule has 1 aromatic carbocycles. The summed E-state index contributed by atoms with van der Waals surface area (Å²) in [7, 11) is 0. The fraction of sp³-hybridized carbons (Fsp3) is 0.562. The Morgan fingerprint density at radius 2 is 2.11 bits per heavy atom. The number of hydrogen-bond acceptors (Lipinski definition) is 2. The molecule has 2 rings (SSSR count). The fourth-order valence-electron chi connectivity index (χ4n) is 2.88. The molecule has 3 unspecified atom stereocenters. The van der Waals surface area contributed by atoms with E-state index in [1.54, 1.807) is 0 Å². The predicted octanol–water partition coefficient (Wildman–Crippen LogP) is 2.37. The number of nitrogens with one attached hydrogen (secondary N) is 2. The van der Waals surface area contributed by atoms with Gasteiger partial charge in [-0.1, -0.05) is 32.0 Å². The van der Waals surface area contributed by atoms with Crippen molar-refractivity contribution in [3.8, 4) is 0 Å². The molecular formula is C16H24N2O. The van der Waals surface area contributed by atoms with Gasteiger partial charge in [0.1, 0.15) is 0 Å². The van der Waals surface area contributed by atoms with Gasteiger partial charge in [-0.05, 0) is 43.9 Å². The van der Waals surface area contributed by atoms with Crippen LogP contribution in [-0.2, 0) is 6.42 Å². The minimum atomic E-state index is 0.0600. The van der Waals surface area contributed by atoms with Crippen LogP contribution < -0.4 is 10.6 Å². The first-order chi connectivity index (χ1) is 9.13. The van der Waals surface area contributed by atoms with E-state index < -0.39 is 0 Å². The Labute approximate surface area is 115 Å². The molecule has 1 heterocycles. The lowest BCUT2D eigenvalue weighted by Gasteiger charge is -2.36. The van der Waals surface area contributed by atoms with Gasteiger partial charge in [-0.2, -0.15) is 0 Å². The van der Waals surface area contributed by atoms with Crippen LogP contribution in [-0.4, -0.2) is 24.5 Å². The monoisotopic (exact) mass is 260 g/mol. The van der Waals surface area contributed by atoms with Gasteiger partial charge in [0, 0.05) is 17.6 Å². The summed E-state index contributed by atoms with van der Waals surface area (Å²) < 4.78 is 0. The Balaban J connectivity index is 2.11. The molecule has 1 aliphatic heterocycles. The fourth-order valence-corrected chi connectivity index (χ4v) is 2.88. The van der Waals surface area contributed by atoms with Crippen molar-refractivity contribution in [1.29, 1.82) is 0 Å². The van der Waals surface area contributed by atoms with Crippen molar-refractivity contribution in [1.82, 2.24) is 10.6 Å². The van der Waals surface area contributed by atoms with Gasteiger partial charge in [0.2, 0.25) is 0 Å². The van der Waals surface area contributed by atoms with E-state index in [0.29, 0.717) is 12.0 Å². The number of rotatable bonds is 3. The summed E-state index contributed by atoms with van der Waals surface area (Å²) in [6.07, 6.45) is 2.00. The third-order valence-corrected chi connectivity index (χ3v) is 4.16. The maximum Gasteiger partial charge on any atom is 0.251 e. The molecule has 3 heteroatoms. The first-order valence-electron chi connectivity index (χ1n) is 7.25. The van der Waals surface area contributed by atoms with Crippen LogP contribution >= 0.6 is 0 Å². The van der Waals surface area contributed by atoms with Crippen molar-refractivity contribution in [3.63, 3.8) is 0 Å². The summed E-state index contributed by atoms with van der Waals surface area (Å²) in [6.45, 7) is 7.49. The van der Waals surface area contributed by atoms with E-state index in [4.69, 9.17) is 0 Å². The van der Waals surface area contributed by atoms with E-state index in [-0.39, 0.29) is 11.9 Å². The average molecular weight is 260 g/mol. The lowest BCUT2D eigenvalue weighted by molar-refractivity contribution is 0.0896. The molecule has 19 heavy (non-hydrogen) atoms. The number of aryl methyl sites for hydroxylation is 1. The molecule has 0 bridgehead atoms. The zero-order valence-corrected chi connectivity index (χ0v) is 12.1. The Hall–Kier alpha value is -1.35. The molecular weight excluding hydrogens is 236 g/mol. The topological polar surface area (TPSA) is 41.1 Å². The molecule has 3 nitrogen and oxygen atoms in total. The molecule has 104 valence electrons. The van der Waals surface area contributed by atoms with Crippen LogP contribution in [0.25, 0.3) is 0 Å². The largest absolute Gasteiger partial charge is 0.347 e. The molecule has 1 aliphatic rings. The highest BCUT2D eigenvalue weighted by atomic mass is 16.1. The standard InChI is InChI=1S/C16H24N2O/c1-4-13-7-5-6-8-14(13)16(19)18-15-11(2)9-10-17-12(15)3/h5-8,11-12,15,17H,4,9-10H2,1-3H3,(H,18,19). The van der Waals surface area contributed by atoms with Crippen LogP contribution in [0, 0.1) is 5.92 Å². The summed E-state index contributed by atoms with van der Waals surface area (Å²) in [4.78, 5) is 12.4. The van der Waals surface area contributed by atoms with Crippen molar-refractivity contribution in [2.45, 2.75) is 45.7 Å². The molecule has 1 saturated heterocycles. The molecule has 0 aliphatic carbocycles. The molecule has 3 atom stereocenters. The quantitative estimate of drug-likeness (QED) is 0.876. The molecule has 2 N–H and O–H groups in total. The van der Waals surface area contributed by atoms with E-state index in [0.717, 1.165) is 30.5 Å². The second kappa shape index (κ2) is 6.20. The van der Waals surface area contributed by atoms with Crippen LogP contribution in [0.1, 0.15) is 43.1 Å². The molecule has 1 aromatic rings. The normalized spacial score (nSPS) is 27.0. The Bertz CT molecular complexity index is 434. The van der Waals surface area contributed by atoms with Crippen LogP contribution in [0.5, 0.6) is 0 Å². The molecule has 0 aromatic heterocycles. The van der Waals surface area contributed by atoms with Crippen molar-refractivity contribution in [2.24, 2.45) is 5.92 Å². The van der Waals surface area contributed by atoms with E-state index in [1.165, 1.54) is 0 Å². The van der Waals surface area contributed by atoms with Crippen molar-refractivity contribution >= 4 is 5.91 Å². The van der Waals surface area contributed by atoms with E-state index >= 15 is 0 Å². The van der Waals surface area contributed by atoms with Gasteiger partial charge in [0.25, 0.3) is 5.91 Å². The summed E-state index contributed by atoms with van der Waals surface area (Å²) >= 11 is 0. The van der Waals surface area contributed by atoms with Crippen molar-refractivity contribution in [3.05, 3.63) is 35.4 Å². The SMILES string of the molecule is CCc1ccccc1C(=O)NC1C(C)CCNC1C. The van der Waals surface area contributed by atoms with Crippen molar-refractivity contribution in [2.75, 3.05) is 6.54 Å². The Kier molecular flexibility index (Phi) is 4.59. The third kappa shape index (κ3) is 3.16.